The molecule has 1 heterocycles. The molecule has 0 aliphatic carbocycles. The molecule has 1 fully saturated rings. The molecule has 1 saturated heterocycles. The number of carbonyl (C=O) groups excluding carboxylic acids is 1. The number of rotatable bonds is 13. The van der Waals surface area contributed by atoms with E-state index < -0.39 is 0 Å². The molecule has 0 amide bonds. The van der Waals surface area contributed by atoms with Gasteiger partial charge in [0, 0.05) is 13.5 Å². The molecule has 3 nitrogen and oxygen atoms in total. The van der Waals surface area contributed by atoms with Crippen LogP contribution in [0.3, 0.4) is 0 Å². The van der Waals surface area contributed by atoms with Gasteiger partial charge in [-0.2, -0.15) is 0 Å². The predicted molar refractivity (Wildman–Crippen MR) is 91.0 cm³/mol. The van der Waals surface area contributed by atoms with E-state index in [0.717, 1.165) is 32.3 Å². The van der Waals surface area contributed by atoms with Crippen molar-refractivity contribution >= 4 is 5.97 Å². The first kappa shape index (κ1) is 19.5. The summed E-state index contributed by atoms with van der Waals surface area (Å²) < 4.78 is 11.1. The van der Waals surface area contributed by atoms with Crippen LogP contribution in [0.2, 0.25) is 0 Å². The third kappa shape index (κ3) is 9.45. The lowest BCUT2D eigenvalue weighted by Gasteiger charge is -2.22. The van der Waals surface area contributed by atoms with Crippen molar-refractivity contribution < 1.29 is 14.3 Å². The molecule has 0 radical (unpaired) electrons. The van der Waals surface area contributed by atoms with Crippen LogP contribution in [0.4, 0.5) is 0 Å². The molecular weight excluding hydrogens is 276 g/mol. The van der Waals surface area contributed by atoms with Gasteiger partial charge in [0.1, 0.15) is 6.10 Å². The predicted octanol–water partition coefficient (Wildman–Crippen LogP) is 5.41. The highest BCUT2D eigenvalue weighted by Gasteiger charge is 2.27. The molecular formula is C19H36O3. The lowest BCUT2D eigenvalue weighted by atomic mass is 10.0. The highest BCUT2D eigenvalue weighted by molar-refractivity contribution is 5.66. The van der Waals surface area contributed by atoms with Gasteiger partial charge in [-0.3, -0.25) is 4.79 Å². The SMILES string of the molecule is CCCCCCCCCCCC[C@H](OC(C)=O)[C@H]1CCCO1. The summed E-state index contributed by atoms with van der Waals surface area (Å²) >= 11 is 0. The van der Waals surface area contributed by atoms with Crippen molar-refractivity contribution in [1.29, 1.82) is 0 Å². The summed E-state index contributed by atoms with van der Waals surface area (Å²) in [5.41, 5.74) is 0. The minimum atomic E-state index is -0.174. The Hall–Kier alpha value is -0.570. The molecule has 130 valence electrons. The third-order valence-corrected chi connectivity index (χ3v) is 4.54. The zero-order valence-corrected chi connectivity index (χ0v) is 14.8. The van der Waals surface area contributed by atoms with Crippen molar-refractivity contribution in [3.8, 4) is 0 Å². The Kier molecular flexibility index (Phi) is 11.4. The molecule has 3 heteroatoms. The number of carbonyl (C=O) groups is 1. The van der Waals surface area contributed by atoms with Gasteiger partial charge in [0.2, 0.25) is 0 Å². The van der Waals surface area contributed by atoms with Crippen molar-refractivity contribution in [2.45, 2.75) is 110 Å². The first-order valence-electron chi connectivity index (χ1n) is 9.53. The second-order valence-electron chi connectivity index (χ2n) is 6.67. The van der Waals surface area contributed by atoms with Crippen LogP contribution in [-0.2, 0) is 14.3 Å². The van der Waals surface area contributed by atoms with Crippen molar-refractivity contribution in [2.24, 2.45) is 0 Å². The van der Waals surface area contributed by atoms with E-state index in [2.05, 4.69) is 6.92 Å². The van der Waals surface area contributed by atoms with E-state index in [0.29, 0.717) is 0 Å². The highest BCUT2D eigenvalue weighted by atomic mass is 16.6. The maximum Gasteiger partial charge on any atom is 0.302 e. The normalized spacial score (nSPS) is 19.3. The molecule has 22 heavy (non-hydrogen) atoms. The van der Waals surface area contributed by atoms with Gasteiger partial charge in [-0.05, 0) is 25.7 Å². The van der Waals surface area contributed by atoms with Gasteiger partial charge in [0.25, 0.3) is 0 Å². The van der Waals surface area contributed by atoms with Gasteiger partial charge in [-0.1, -0.05) is 64.7 Å². The number of hydrogen-bond acceptors (Lipinski definition) is 3. The highest BCUT2D eigenvalue weighted by Crippen LogP contribution is 2.22. The zero-order chi connectivity index (χ0) is 16.0. The number of ether oxygens (including phenoxy) is 2. The van der Waals surface area contributed by atoms with Crippen LogP contribution in [0.1, 0.15) is 97.3 Å². The monoisotopic (exact) mass is 312 g/mol. The summed E-state index contributed by atoms with van der Waals surface area (Å²) in [6.45, 7) is 4.58. The topological polar surface area (TPSA) is 35.5 Å². The first-order chi connectivity index (χ1) is 10.7. The Labute approximate surface area is 137 Å². The van der Waals surface area contributed by atoms with Crippen molar-refractivity contribution in [2.75, 3.05) is 6.61 Å². The number of unbranched alkanes of at least 4 members (excludes halogenated alkanes) is 9. The Bertz CT molecular complexity index is 272. The Morgan fingerprint density at radius 1 is 1.05 bits per heavy atom. The van der Waals surface area contributed by atoms with E-state index >= 15 is 0 Å². The van der Waals surface area contributed by atoms with Crippen LogP contribution in [0.5, 0.6) is 0 Å². The first-order valence-corrected chi connectivity index (χ1v) is 9.53. The summed E-state index contributed by atoms with van der Waals surface area (Å²) in [6.07, 6.45) is 16.6. The van der Waals surface area contributed by atoms with E-state index in [1.807, 2.05) is 0 Å². The van der Waals surface area contributed by atoms with E-state index in [1.165, 1.54) is 64.7 Å². The molecule has 0 aromatic heterocycles. The lowest BCUT2D eigenvalue weighted by molar-refractivity contribution is -0.153. The summed E-state index contributed by atoms with van der Waals surface area (Å²) in [7, 11) is 0. The van der Waals surface area contributed by atoms with E-state index in [1.54, 1.807) is 0 Å². The summed E-state index contributed by atoms with van der Waals surface area (Å²) in [4.78, 5) is 11.2. The van der Waals surface area contributed by atoms with Gasteiger partial charge in [-0.15, -0.1) is 0 Å². The van der Waals surface area contributed by atoms with Crippen LogP contribution in [0.25, 0.3) is 0 Å². The minimum absolute atomic E-state index is 0.0194. The smallest absolute Gasteiger partial charge is 0.302 e. The minimum Gasteiger partial charge on any atom is -0.460 e. The Morgan fingerprint density at radius 3 is 2.14 bits per heavy atom. The average Bonchev–Trinajstić information content (AvgIpc) is 3.02. The maximum absolute atomic E-state index is 11.2. The van der Waals surface area contributed by atoms with Crippen molar-refractivity contribution in [3.63, 3.8) is 0 Å². The standard InChI is InChI=1S/C19H36O3/c1-3-4-5-6-7-8-9-10-11-12-14-19(22-17(2)20)18-15-13-16-21-18/h18-19H,3-16H2,1-2H3/t18-,19+/m1/s1. The fraction of sp³-hybridized carbons (Fsp3) is 0.947. The van der Waals surface area contributed by atoms with Gasteiger partial charge < -0.3 is 9.47 Å². The lowest BCUT2D eigenvalue weighted by Crippen LogP contribution is -2.30. The van der Waals surface area contributed by atoms with Crippen LogP contribution >= 0.6 is 0 Å². The maximum atomic E-state index is 11.2. The van der Waals surface area contributed by atoms with Crippen LogP contribution in [-0.4, -0.2) is 24.8 Å². The van der Waals surface area contributed by atoms with Gasteiger partial charge in [0.05, 0.1) is 6.10 Å². The molecule has 0 saturated carbocycles. The van der Waals surface area contributed by atoms with Gasteiger partial charge in [-0.25, -0.2) is 0 Å². The second kappa shape index (κ2) is 12.9. The van der Waals surface area contributed by atoms with E-state index in [9.17, 15) is 4.79 Å². The Morgan fingerprint density at radius 2 is 1.64 bits per heavy atom. The molecule has 1 aliphatic rings. The quantitative estimate of drug-likeness (QED) is 0.337. The van der Waals surface area contributed by atoms with Gasteiger partial charge in [0.15, 0.2) is 0 Å². The van der Waals surface area contributed by atoms with Gasteiger partial charge >= 0.3 is 5.97 Å². The molecule has 2 atom stereocenters. The molecule has 0 unspecified atom stereocenters. The molecule has 0 bridgehead atoms. The molecule has 0 N–H and O–H groups in total. The number of hydrogen-bond donors (Lipinski definition) is 0. The van der Waals surface area contributed by atoms with E-state index in [4.69, 9.17) is 9.47 Å². The zero-order valence-electron chi connectivity index (χ0n) is 14.8. The average molecular weight is 312 g/mol. The molecule has 1 aliphatic heterocycles. The fourth-order valence-corrected chi connectivity index (χ4v) is 3.26. The van der Waals surface area contributed by atoms with Crippen LogP contribution in [0, 0.1) is 0 Å². The Balaban J connectivity index is 1.99. The summed E-state index contributed by atoms with van der Waals surface area (Å²) in [5, 5.41) is 0. The molecule has 0 aromatic carbocycles. The molecule has 1 rings (SSSR count). The summed E-state index contributed by atoms with van der Waals surface area (Å²) in [6, 6.07) is 0. The molecule has 0 spiro atoms. The van der Waals surface area contributed by atoms with Crippen LogP contribution < -0.4 is 0 Å². The molecule has 0 aromatic rings. The van der Waals surface area contributed by atoms with Crippen LogP contribution in [0.15, 0.2) is 0 Å². The van der Waals surface area contributed by atoms with Crippen molar-refractivity contribution in [1.82, 2.24) is 0 Å². The largest absolute Gasteiger partial charge is 0.460 e. The third-order valence-electron chi connectivity index (χ3n) is 4.54. The second-order valence-corrected chi connectivity index (χ2v) is 6.67. The fourth-order valence-electron chi connectivity index (χ4n) is 3.26. The number of esters is 1. The van der Waals surface area contributed by atoms with Crippen molar-refractivity contribution in [3.05, 3.63) is 0 Å². The van der Waals surface area contributed by atoms with E-state index in [-0.39, 0.29) is 18.2 Å². The summed E-state index contributed by atoms with van der Waals surface area (Å²) in [5.74, 6) is -0.174.